The Morgan fingerprint density at radius 2 is 1.77 bits per heavy atom. The molecule has 6 aromatic rings. The minimum Gasteiger partial charge on any atom is -0.457 e. The summed E-state index contributed by atoms with van der Waals surface area (Å²) in [6.45, 7) is 0. The van der Waals surface area contributed by atoms with E-state index in [1.807, 2.05) is 0 Å². The van der Waals surface area contributed by atoms with E-state index in [4.69, 9.17) is 16.3 Å². The number of alkyl halides is 3. The Balaban J connectivity index is 1.25. The molecule has 7 nitrogen and oxygen atoms in total. The molecule has 39 heavy (non-hydrogen) atoms. The van der Waals surface area contributed by atoms with Crippen LogP contribution in [0.15, 0.2) is 72.9 Å². The number of pyridine rings is 1. The Hall–Kier alpha value is -4.64. The predicted octanol–water partition coefficient (Wildman–Crippen LogP) is 7.86. The fourth-order valence-corrected chi connectivity index (χ4v) is 4.28. The molecule has 0 fully saturated rings. The summed E-state index contributed by atoms with van der Waals surface area (Å²) in [5.74, 6) is 1.20. The first-order valence-electron chi connectivity index (χ1n) is 11.5. The van der Waals surface area contributed by atoms with E-state index in [2.05, 4.69) is 25.3 Å². The van der Waals surface area contributed by atoms with Crippen molar-refractivity contribution in [3.8, 4) is 23.0 Å². The minimum atomic E-state index is -4.45. The number of aromatic amines is 1. The van der Waals surface area contributed by atoms with E-state index in [1.165, 1.54) is 24.3 Å². The van der Waals surface area contributed by atoms with Crippen molar-refractivity contribution in [1.29, 1.82) is 0 Å². The maximum absolute atomic E-state index is 13.8. The van der Waals surface area contributed by atoms with Gasteiger partial charge in [0.1, 0.15) is 23.0 Å². The molecule has 0 unspecified atom stereocenters. The molecule has 0 bridgehead atoms. The zero-order valence-electron chi connectivity index (χ0n) is 20.0. The van der Waals surface area contributed by atoms with Gasteiger partial charge in [0.25, 0.3) is 0 Å². The van der Waals surface area contributed by atoms with Crippen molar-refractivity contribution in [2.75, 3.05) is 5.32 Å². The summed E-state index contributed by atoms with van der Waals surface area (Å²) < 4.78 is 60.8. The molecule has 3 aromatic carbocycles. The number of ether oxygens (including phenoxy) is 1. The molecule has 0 atom stereocenters. The SMILES string of the molecule is Cn1c(Nc2cccc(C(F)(F)F)c2)nc2cc(Oc3ccnc(-c4nc5cc(Cl)c(F)cc5[nH]4)c3)ccc21. The van der Waals surface area contributed by atoms with Gasteiger partial charge >= 0.3 is 6.18 Å². The molecule has 0 aliphatic rings. The number of hydrogen-bond acceptors (Lipinski definition) is 5. The molecule has 2 N–H and O–H groups in total. The van der Waals surface area contributed by atoms with E-state index in [9.17, 15) is 17.6 Å². The highest BCUT2D eigenvalue weighted by atomic mass is 35.5. The van der Waals surface area contributed by atoms with E-state index >= 15 is 0 Å². The monoisotopic (exact) mass is 552 g/mol. The summed E-state index contributed by atoms with van der Waals surface area (Å²) in [6.07, 6.45) is -2.89. The number of rotatable bonds is 5. The molecule has 0 spiro atoms. The lowest BCUT2D eigenvalue weighted by atomic mass is 10.2. The Morgan fingerprint density at radius 1 is 0.949 bits per heavy atom. The second-order valence-electron chi connectivity index (χ2n) is 8.70. The number of benzene rings is 3. The van der Waals surface area contributed by atoms with Crippen LogP contribution < -0.4 is 10.1 Å². The Morgan fingerprint density at radius 3 is 2.59 bits per heavy atom. The van der Waals surface area contributed by atoms with Crippen molar-refractivity contribution in [2.45, 2.75) is 6.18 Å². The van der Waals surface area contributed by atoms with Crippen molar-refractivity contribution in [3.63, 3.8) is 0 Å². The zero-order valence-corrected chi connectivity index (χ0v) is 20.8. The third-order valence-electron chi connectivity index (χ3n) is 6.03. The van der Waals surface area contributed by atoms with Crippen molar-refractivity contribution in [2.24, 2.45) is 7.05 Å². The van der Waals surface area contributed by atoms with Crippen LogP contribution >= 0.6 is 11.6 Å². The standard InChI is InChI=1S/C27H17ClF4N6O/c1-38-24-6-5-16(10-22(24)37-26(38)34-15-4-2-3-14(9-15)27(30,31)32)39-17-7-8-33-23(11-17)25-35-20-12-18(28)19(29)13-21(20)36-25/h2-13H,1H3,(H,34,37)(H,35,36). The van der Waals surface area contributed by atoms with Gasteiger partial charge in [-0.3, -0.25) is 4.98 Å². The molecule has 6 rings (SSSR count). The molecular weight excluding hydrogens is 536 g/mol. The Kier molecular flexibility index (Phi) is 5.87. The average Bonchev–Trinajstić information content (AvgIpc) is 3.44. The van der Waals surface area contributed by atoms with Gasteiger partial charge in [0.15, 0.2) is 5.82 Å². The lowest BCUT2D eigenvalue weighted by molar-refractivity contribution is -0.137. The normalized spacial score (nSPS) is 11.8. The van der Waals surface area contributed by atoms with Crippen LogP contribution in [-0.2, 0) is 13.2 Å². The molecule has 0 aliphatic heterocycles. The van der Waals surface area contributed by atoms with Crippen molar-refractivity contribution >= 4 is 45.3 Å². The molecule has 0 saturated heterocycles. The second-order valence-corrected chi connectivity index (χ2v) is 9.10. The summed E-state index contributed by atoms with van der Waals surface area (Å²) >= 11 is 5.86. The van der Waals surface area contributed by atoms with Crippen LogP contribution in [0.3, 0.4) is 0 Å². The number of aryl methyl sites for hydroxylation is 1. The van der Waals surface area contributed by atoms with Crippen molar-refractivity contribution < 1.29 is 22.3 Å². The van der Waals surface area contributed by atoms with Crippen LogP contribution in [0.5, 0.6) is 11.5 Å². The second kappa shape index (κ2) is 9.28. The molecule has 196 valence electrons. The number of halogens is 5. The Bertz CT molecular complexity index is 1820. The fraction of sp³-hybridized carbons (Fsp3) is 0.0741. The lowest BCUT2D eigenvalue weighted by Crippen LogP contribution is -2.06. The number of imidazole rings is 2. The quantitative estimate of drug-likeness (QED) is 0.213. The summed E-state index contributed by atoms with van der Waals surface area (Å²) in [5, 5.41) is 2.92. The van der Waals surface area contributed by atoms with Gasteiger partial charge in [0, 0.05) is 37.1 Å². The summed E-state index contributed by atoms with van der Waals surface area (Å²) in [6, 6.07) is 16.2. The molecule has 12 heteroatoms. The number of hydrogen-bond donors (Lipinski definition) is 2. The first kappa shape index (κ1) is 24.7. The van der Waals surface area contributed by atoms with Crippen molar-refractivity contribution in [1.82, 2.24) is 24.5 Å². The predicted molar refractivity (Wildman–Crippen MR) is 140 cm³/mol. The van der Waals surface area contributed by atoms with E-state index in [0.717, 1.165) is 17.6 Å². The van der Waals surface area contributed by atoms with Gasteiger partial charge < -0.3 is 19.6 Å². The summed E-state index contributed by atoms with van der Waals surface area (Å²) in [7, 11) is 1.76. The molecule has 0 saturated carbocycles. The molecule has 0 amide bonds. The molecule has 3 heterocycles. The Labute approximate surface area is 223 Å². The van der Waals surface area contributed by atoms with E-state index in [1.54, 1.807) is 48.1 Å². The lowest BCUT2D eigenvalue weighted by Gasteiger charge is -2.10. The zero-order chi connectivity index (χ0) is 27.3. The number of nitrogens with one attached hydrogen (secondary N) is 2. The summed E-state index contributed by atoms with van der Waals surface area (Å²) in [5.41, 5.74) is 2.30. The molecular formula is C27H17ClF4N6O. The van der Waals surface area contributed by atoms with Crippen LogP contribution in [0.4, 0.5) is 29.2 Å². The molecule has 3 aromatic heterocycles. The first-order valence-corrected chi connectivity index (χ1v) is 11.9. The topological polar surface area (TPSA) is 80.7 Å². The number of anilines is 2. The third kappa shape index (κ3) is 4.84. The number of fused-ring (bicyclic) bond motifs is 2. The highest BCUT2D eigenvalue weighted by molar-refractivity contribution is 6.31. The van der Waals surface area contributed by atoms with Crippen LogP contribution in [-0.4, -0.2) is 24.5 Å². The van der Waals surface area contributed by atoms with Gasteiger partial charge in [-0.15, -0.1) is 0 Å². The maximum atomic E-state index is 13.8. The smallest absolute Gasteiger partial charge is 0.416 e. The maximum Gasteiger partial charge on any atom is 0.416 e. The third-order valence-corrected chi connectivity index (χ3v) is 6.32. The van der Waals surface area contributed by atoms with Gasteiger partial charge in [0.2, 0.25) is 5.95 Å². The van der Waals surface area contributed by atoms with Crippen LogP contribution in [0.25, 0.3) is 33.6 Å². The van der Waals surface area contributed by atoms with E-state index in [-0.39, 0.29) is 10.7 Å². The first-order chi connectivity index (χ1) is 18.6. The van der Waals surface area contributed by atoms with E-state index < -0.39 is 17.6 Å². The molecule has 0 aliphatic carbocycles. The number of nitrogens with zero attached hydrogens (tertiary/aromatic N) is 4. The fourth-order valence-electron chi connectivity index (χ4n) is 4.12. The van der Waals surface area contributed by atoms with E-state index in [0.29, 0.717) is 45.5 Å². The highest BCUT2D eigenvalue weighted by Crippen LogP contribution is 2.33. The summed E-state index contributed by atoms with van der Waals surface area (Å²) in [4.78, 5) is 16.3. The van der Waals surface area contributed by atoms with Gasteiger partial charge in [0.05, 0.1) is 32.7 Å². The highest BCUT2D eigenvalue weighted by Gasteiger charge is 2.30. The van der Waals surface area contributed by atoms with Crippen LogP contribution in [0.1, 0.15) is 5.56 Å². The van der Waals surface area contributed by atoms with Gasteiger partial charge in [-0.1, -0.05) is 17.7 Å². The number of aromatic nitrogens is 5. The van der Waals surface area contributed by atoms with Crippen LogP contribution in [0.2, 0.25) is 5.02 Å². The van der Waals surface area contributed by atoms with Gasteiger partial charge in [-0.25, -0.2) is 14.4 Å². The largest absolute Gasteiger partial charge is 0.457 e. The van der Waals surface area contributed by atoms with Crippen molar-refractivity contribution in [3.05, 3.63) is 89.3 Å². The average molecular weight is 553 g/mol. The number of H-pyrrole nitrogens is 1. The van der Waals surface area contributed by atoms with Gasteiger partial charge in [-0.05, 0) is 42.5 Å². The minimum absolute atomic E-state index is 0.0244. The van der Waals surface area contributed by atoms with Gasteiger partial charge in [-0.2, -0.15) is 13.2 Å². The molecule has 0 radical (unpaired) electrons. The van der Waals surface area contributed by atoms with Crippen LogP contribution in [0, 0.1) is 5.82 Å².